The Morgan fingerprint density at radius 1 is 1.19 bits per heavy atom. The van der Waals surface area contributed by atoms with Gasteiger partial charge in [-0.1, -0.05) is 19.4 Å². The lowest BCUT2D eigenvalue weighted by Gasteiger charge is -2.61. The lowest BCUT2D eigenvalue weighted by molar-refractivity contribution is -0.146. The van der Waals surface area contributed by atoms with Gasteiger partial charge in [0.05, 0.1) is 0 Å². The van der Waals surface area contributed by atoms with Crippen LogP contribution < -0.4 is 0 Å². The molecule has 3 fully saturated rings. The predicted molar refractivity (Wildman–Crippen MR) is 102 cm³/mol. The van der Waals surface area contributed by atoms with Crippen LogP contribution in [0.5, 0.6) is 0 Å². The summed E-state index contributed by atoms with van der Waals surface area (Å²) in [6.07, 6.45) is 8.39. The van der Waals surface area contributed by atoms with Gasteiger partial charge in [0.15, 0.2) is 5.78 Å². The zero-order valence-corrected chi connectivity index (χ0v) is 16.8. The Morgan fingerprint density at radius 2 is 1.93 bits per heavy atom. The van der Waals surface area contributed by atoms with Crippen molar-refractivity contribution < 1.29 is 19.5 Å². The Hall–Kier alpha value is -1.45. The minimum absolute atomic E-state index is 0.0490. The molecule has 4 heteroatoms. The van der Waals surface area contributed by atoms with E-state index in [-0.39, 0.29) is 40.7 Å². The van der Waals surface area contributed by atoms with E-state index >= 15 is 0 Å². The van der Waals surface area contributed by atoms with Gasteiger partial charge in [-0.05, 0) is 86.0 Å². The topological polar surface area (TPSA) is 71.4 Å². The van der Waals surface area contributed by atoms with Crippen LogP contribution in [0.1, 0.15) is 72.1 Å². The molecule has 0 spiro atoms. The van der Waals surface area contributed by atoms with E-state index in [1.54, 1.807) is 6.92 Å². The number of hydrogen-bond acceptors (Lipinski definition) is 3. The minimum atomic E-state index is -0.732. The van der Waals surface area contributed by atoms with Gasteiger partial charge in [-0.15, -0.1) is 0 Å². The van der Waals surface area contributed by atoms with E-state index in [9.17, 15) is 19.5 Å². The Labute approximate surface area is 161 Å². The van der Waals surface area contributed by atoms with Gasteiger partial charge in [0.25, 0.3) is 0 Å². The lowest BCUT2D eigenvalue weighted by Crippen LogP contribution is -2.55. The summed E-state index contributed by atoms with van der Waals surface area (Å²) in [5.74, 6) is 1.26. The standard InChI is InChI=1S/C23H32O4/c1-13(24)18-6-7-19-17-5-4-15-11-16(25)8-9-22(15,2)21(17)14(10-20(26)27)12-23(18,19)3/h11,14,17-19,21H,4-10,12H2,1-3H3,(H,26,27)/t14-,17-,18+,19-,21-,22-,23+/m0/s1. The molecule has 4 nitrogen and oxygen atoms in total. The summed E-state index contributed by atoms with van der Waals surface area (Å²) in [4.78, 5) is 36.1. The first-order valence-corrected chi connectivity index (χ1v) is 10.6. The second-order valence-electron chi connectivity index (χ2n) is 10.2. The fraction of sp³-hybridized carbons (Fsp3) is 0.783. The number of fused-ring (bicyclic) bond motifs is 5. The summed E-state index contributed by atoms with van der Waals surface area (Å²) < 4.78 is 0. The number of aliphatic carboxylic acids is 1. The van der Waals surface area contributed by atoms with Crippen LogP contribution in [0, 0.1) is 40.4 Å². The highest BCUT2D eigenvalue weighted by Gasteiger charge is 2.62. The number of Topliss-reactive ketones (excluding diaryl/α,β-unsaturated/α-hetero) is 1. The quantitative estimate of drug-likeness (QED) is 0.796. The number of carbonyl (C=O) groups is 3. The Bertz CT molecular complexity index is 722. The fourth-order valence-electron chi connectivity index (χ4n) is 8.05. The molecule has 0 bridgehead atoms. The first-order valence-electron chi connectivity index (χ1n) is 10.6. The van der Waals surface area contributed by atoms with Crippen molar-refractivity contribution in [2.24, 2.45) is 40.4 Å². The summed E-state index contributed by atoms with van der Waals surface area (Å²) in [6, 6.07) is 0. The van der Waals surface area contributed by atoms with Crippen LogP contribution in [0.2, 0.25) is 0 Å². The van der Waals surface area contributed by atoms with Crippen LogP contribution in [0.4, 0.5) is 0 Å². The average molecular weight is 373 g/mol. The highest BCUT2D eigenvalue weighted by Crippen LogP contribution is 2.68. The Morgan fingerprint density at radius 3 is 2.59 bits per heavy atom. The number of carboxylic acids is 1. The third kappa shape index (κ3) is 2.74. The fourth-order valence-corrected chi connectivity index (χ4v) is 8.05. The third-order valence-corrected chi connectivity index (χ3v) is 8.97. The molecule has 0 saturated heterocycles. The SMILES string of the molecule is CC(=O)[C@H]1CC[C@H]2[C@@H]3CCC4=CC(=O)CC[C@]4(C)[C@H]3[C@@H](CC(=O)O)C[C@]12C. The maximum absolute atomic E-state index is 12.4. The summed E-state index contributed by atoms with van der Waals surface area (Å²) >= 11 is 0. The highest BCUT2D eigenvalue weighted by molar-refractivity contribution is 5.91. The molecule has 0 radical (unpaired) electrons. The molecule has 4 aliphatic carbocycles. The largest absolute Gasteiger partial charge is 0.481 e. The van der Waals surface area contributed by atoms with Crippen molar-refractivity contribution in [1.29, 1.82) is 0 Å². The van der Waals surface area contributed by atoms with E-state index in [0.717, 1.165) is 38.5 Å². The Balaban J connectivity index is 1.77. The molecular formula is C23H32O4. The smallest absolute Gasteiger partial charge is 0.303 e. The molecule has 0 aromatic heterocycles. The van der Waals surface area contributed by atoms with Crippen molar-refractivity contribution in [1.82, 2.24) is 0 Å². The van der Waals surface area contributed by atoms with E-state index in [4.69, 9.17) is 0 Å². The van der Waals surface area contributed by atoms with Crippen LogP contribution in [0.25, 0.3) is 0 Å². The van der Waals surface area contributed by atoms with Crippen LogP contribution >= 0.6 is 0 Å². The molecule has 0 amide bonds. The van der Waals surface area contributed by atoms with E-state index in [0.29, 0.717) is 24.2 Å². The van der Waals surface area contributed by atoms with Crippen molar-refractivity contribution in [2.75, 3.05) is 0 Å². The molecule has 4 rings (SSSR count). The van der Waals surface area contributed by atoms with Gasteiger partial charge in [-0.25, -0.2) is 0 Å². The molecule has 7 atom stereocenters. The van der Waals surface area contributed by atoms with Crippen molar-refractivity contribution >= 4 is 17.5 Å². The van der Waals surface area contributed by atoms with Crippen LogP contribution in [-0.2, 0) is 14.4 Å². The first kappa shape index (κ1) is 18.9. The van der Waals surface area contributed by atoms with Crippen LogP contribution in [-0.4, -0.2) is 22.6 Å². The van der Waals surface area contributed by atoms with Gasteiger partial charge in [-0.3, -0.25) is 14.4 Å². The van der Waals surface area contributed by atoms with Gasteiger partial charge in [0.1, 0.15) is 5.78 Å². The first-order chi connectivity index (χ1) is 12.7. The second-order valence-corrected chi connectivity index (χ2v) is 10.2. The second kappa shape index (κ2) is 6.28. The van der Waals surface area contributed by atoms with Gasteiger partial charge in [-0.2, -0.15) is 0 Å². The number of rotatable bonds is 3. The highest BCUT2D eigenvalue weighted by atomic mass is 16.4. The van der Waals surface area contributed by atoms with Crippen molar-refractivity contribution in [3.63, 3.8) is 0 Å². The number of ketones is 2. The van der Waals surface area contributed by atoms with Gasteiger partial charge in [0, 0.05) is 18.8 Å². The normalized spacial score (nSPS) is 46.1. The number of allylic oxidation sites excluding steroid dienone is 1. The molecule has 0 unspecified atom stereocenters. The molecule has 0 aliphatic heterocycles. The number of hydrogen-bond donors (Lipinski definition) is 1. The summed E-state index contributed by atoms with van der Waals surface area (Å²) in [6.45, 7) is 6.27. The van der Waals surface area contributed by atoms with Crippen molar-refractivity contribution in [3.8, 4) is 0 Å². The zero-order chi connectivity index (χ0) is 19.6. The molecular weight excluding hydrogens is 340 g/mol. The number of carboxylic acid groups (broad SMARTS) is 1. The zero-order valence-electron chi connectivity index (χ0n) is 16.8. The molecule has 0 aromatic rings. The van der Waals surface area contributed by atoms with Crippen molar-refractivity contribution in [2.45, 2.75) is 72.1 Å². The molecule has 4 aliphatic rings. The monoisotopic (exact) mass is 372 g/mol. The maximum Gasteiger partial charge on any atom is 0.303 e. The van der Waals surface area contributed by atoms with Crippen LogP contribution in [0.15, 0.2) is 11.6 Å². The molecule has 0 heterocycles. The Kier molecular flexibility index (Phi) is 4.40. The minimum Gasteiger partial charge on any atom is -0.481 e. The predicted octanol–water partition coefficient (Wildman–Crippen LogP) is 4.42. The van der Waals surface area contributed by atoms with Gasteiger partial charge < -0.3 is 5.11 Å². The maximum atomic E-state index is 12.4. The molecule has 27 heavy (non-hydrogen) atoms. The number of carbonyl (C=O) groups excluding carboxylic acids is 2. The average Bonchev–Trinajstić information content (AvgIpc) is 2.91. The molecule has 3 saturated carbocycles. The summed E-state index contributed by atoms with van der Waals surface area (Å²) in [7, 11) is 0. The molecule has 0 aromatic carbocycles. The van der Waals surface area contributed by atoms with Gasteiger partial charge >= 0.3 is 5.97 Å². The summed E-state index contributed by atoms with van der Waals surface area (Å²) in [5.41, 5.74) is 1.15. The summed E-state index contributed by atoms with van der Waals surface area (Å²) in [5, 5.41) is 9.64. The molecule has 148 valence electrons. The van der Waals surface area contributed by atoms with Crippen molar-refractivity contribution in [3.05, 3.63) is 11.6 Å². The molecule has 1 N–H and O–H groups in total. The van der Waals surface area contributed by atoms with Gasteiger partial charge in [0.2, 0.25) is 0 Å². The van der Waals surface area contributed by atoms with Crippen LogP contribution in [0.3, 0.4) is 0 Å². The van der Waals surface area contributed by atoms with E-state index in [2.05, 4.69) is 13.8 Å². The van der Waals surface area contributed by atoms with E-state index in [1.807, 2.05) is 6.08 Å². The third-order valence-electron chi connectivity index (χ3n) is 8.97. The van der Waals surface area contributed by atoms with E-state index in [1.165, 1.54) is 5.57 Å². The lowest BCUT2D eigenvalue weighted by atomic mass is 9.43. The van der Waals surface area contributed by atoms with E-state index < -0.39 is 5.97 Å².